The second-order valence-electron chi connectivity index (χ2n) is 5.26. The minimum Gasteiger partial charge on any atom is -0.292 e. The molecular formula is C15H22N4O. The van der Waals surface area contributed by atoms with Gasteiger partial charge in [0.05, 0.1) is 0 Å². The fraction of sp³-hybridized carbons (Fsp3) is 0.533. The Morgan fingerprint density at radius 3 is 2.40 bits per heavy atom. The molecule has 0 unspecified atom stereocenters. The lowest BCUT2D eigenvalue weighted by Gasteiger charge is -2.02. The summed E-state index contributed by atoms with van der Waals surface area (Å²) in [5, 5.41) is 3.09. The van der Waals surface area contributed by atoms with Crippen molar-refractivity contribution in [1.82, 2.24) is 19.7 Å². The van der Waals surface area contributed by atoms with Crippen molar-refractivity contribution in [3.63, 3.8) is 0 Å². The van der Waals surface area contributed by atoms with E-state index >= 15 is 0 Å². The molecule has 5 nitrogen and oxygen atoms in total. The average molecular weight is 274 g/mol. The molecule has 1 N–H and O–H groups in total. The minimum atomic E-state index is -0.0244. The first-order valence-electron chi connectivity index (χ1n) is 7.16. The fourth-order valence-electron chi connectivity index (χ4n) is 2.38. The number of aryl methyl sites for hydroxylation is 3. The van der Waals surface area contributed by atoms with E-state index in [1.807, 2.05) is 26.8 Å². The van der Waals surface area contributed by atoms with Crippen molar-refractivity contribution in [2.75, 3.05) is 0 Å². The van der Waals surface area contributed by atoms with Gasteiger partial charge in [-0.2, -0.15) is 4.68 Å². The van der Waals surface area contributed by atoms with E-state index in [1.54, 1.807) is 0 Å². The van der Waals surface area contributed by atoms with Gasteiger partial charge < -0.3 is 0 Å². The van der Waals surface area contributed by atoms with Crippen LogP contribution in [0.15, 0.2) is 10.9 Å². The lowest BCUT2D eigenvalue weighted by Crippen LogP contribution is -2.20. The zero-order valence-electron chi connectivity index (χ0n) is 12.7. The van der Waals surface area contributed by atoms with Gasteiger partial charge in [0.2, 0.25) is 0 Å². The molecule has 0 saturated heterocycles. The van der Waals surface area contributed by atoms with E-state index < -0.39 is 0 Å². The Kier molecular flexibility index (Phi) is 4.37. The zero-order valence-corrected chi connectivity index (χ0v) is 12.7. The van der Waals surface area contributed by atoms with Gasteiger partial charge in [-0.3, -0.25) is 9.89 Å². The molecule has 0 saturated carbocycles. The van der Waals surface area contributed by atoms with Crippen LogP contribution in [0.3, 0.4) is 0 Å². The molecule has 108 valence electrons. The van der Waals surface area contributed by atoms with Gasteiger partial charge in [0.1, 0.15) is 0 Å². The van der Waals surface area contributed by atoms with Crippen LogP contribution in [0.4, 0.5) is 0 Å². The number of nitrogens with zero attached hydrogens (tertiary/aromatic N) is 3. The highest BCUT2D eigenvalue weighted by Crippen LogP contribution is 2.09. The molecule has 0 radical (unpaired) electrons. The van der Waals surface area contributed by atoms with Gasteiger partial charge in [0.15, 0.2) is 0 Å². The molecule has 5 heteroatoms. The van der Waals surface area contributed by atoms with Crippen molar-refractivity contribution in [1.29, 1.82) is 0 Å². The molecule has 2 aromatic heterocycles. The number of unbranched alkanes of at least 4 members (excludes halogenated alkanes) is 2. The van der Waals surface area contributed by atoms with E-state index in [9.17, 15) is 4.79 Å². The van der Waals surface area contributed by atoms with Crippen LogP contribution < -0.4 is 5.56 Å². The molecule has 20 heavy (non-hydrogen) atoms. The standard InChI is InChI=1S/C15H22N4O/c1-5-6-7-8-13-12(4)18-19(14(13)20)15-16-10(2)9-11(3)17-15/h9,18H,5-8H2,1-4H3. The maximum absolute atomic E-state index is 12.5. The van der Waals surface area contributed by atoms with Crippen LogP contribution in [0.2, 0.25) is 0 Å². The lowest BCUT2D eigenvalue weighted by molar-refractivity contribution is 0.711. The van der Waals surface area contributed by atoms with Crippen LogP contribution in [-0.4, -0.2) is 19.7 Å². The Morgan fingerprint density at radius 2 is 1.80 bits per heavy atom. The molecule has 0 atom stereocenters. The second kappa shape index (κ2) is 6.03. The third-order valence-electron chi connectivity index (χ3n) is 3.39. The van der Waals surface area contributed by atoms with E-state index in [-0.39, 0.29) is 5.56 Å². The van der Waals surface area contributed by atoms with Crippen molar-refractivity contribution in [2.45, 2.75) is 53.4 Å². The maximum Gasteiger partial charge on any atom is 0.277 e. The van der Waals surface area contributed by atoms with Crippen LogP contribution in [0.5, 0.6) is 0 Å². The number of aromatic amines is 1. The Balaban J connectivity index is 2.38. The fourth-order valence-corrected chi connectivity index (χ4v) is 2.38. The number of nitrogens with one attached hydrogen (secondary N) is 1. The normalized spacial score (nSPS) is 11.0. The van der Waals surface area contributed by atoms with Crippen LogP contribution in [0.25, 0.3) is 5.95 Å². The summed E-state index contributed by atoms with van der Waals surface area (Å²) in [7, 11) is 0. The van der Waals surface area contributed by atoms with Crippen molar-refractivity contribution >= 4 is 0 Å². The predicted octanol–water partition coefficient (Wildman–Crippen LogP) is 2.61. The van der Waals surface area contributed by atoms with Gasteiger partial charge in [-0.15, -0.1) is 0 Å². The van der Waals surface area contributed by atoms with E-state index in [2.05, 4.69) is 22.0 Å². The number of hydrogen-bond acceptors (Lipinski definition) is 3. The first-order valence-corrected chi connectivity index (χ1v) is 7.16. The van der Waals surface area contributed by atoms with E-state index in [4.69, 9.17) is 0 Å². The van der Waals surface area contributed by atoms with E-state index in [1.165, 1.54) is 4.68 Å². The smallest absolute Gasteiger partial charge is 0.277 e. The Morgan fingerprint density at radius 1 is 1.15 bits per heavy atom. The summed E-state index contributed by atoms with van der Waals surface area (Å²) < 4.78 is 1.45. The van der Waals surface area contributed by atoms with Crippen LogP contribution in [0.1, 0.15) is 48.8 Å². The summed E-state index contributed by atoms with van der Waals surface area (Å²) in [5.41, 5.74) is 3.46. The first kappa shape index (κ1) is 14.5. The lowest BCUT2D eigenvalue weighted by atomic mass is 10.1. The van der Waals surface area contributed by atoms with Gasteiger partial charge in [0.25, 0.3) is 11.5 Å². The molecule has 2 heterocycles. The van der Waals surface area contributed by atoms with Crippen molar-refractivity contribution in [3.8, 4) is 5.95 Å². The third kappa shape index (κ3) is 2.98. The van der Waals surface area contributed by atoms with Gasteiger partial charge >= 0.3 is 0 Å². The summed E-state index contributed by atoms with van der Waals surface area (Å²) in [6.45, 7) is 7.90. The number of aromatic nitrogens is 4. The van der Waals surface area contributed by atoms with Crippen LogP contribution in [0, 0.1) is 20.8 Å². The van der Waals surface area contributed by atoms with Crippen LogP contribution in [-0.2, 0) is 6.42 Å². The summed E-state index contributed by atoms with van der Waals surface area (Å²) in [6, 6.07) is 1.90. The molecular weight excluding hydrogens is 252 g/mol. The van der Waals surface area contributed by atoms with E-state index in [0.717, 1.165) is 48.3 Å². The third-order valence-corrected chi connectivity index (χ3v) is 3.39. The molecule has 0 aliphatic rings. The Labute approximate surface area is 119 Å². The highest BCUT2D eigenvalue weighted by atomic mass is 16.1. The maximum atomic E-state index is 12.5. The van der Waals surface area contributed by atoms with E-state index in [0.29, 0.717) is 5.95 Å². The van der Waals surface area contributed by atoms with Gasteiger partial charge in [-0.1, -0.05) is 19.8 Å². The molecule has 0 spiro atoms. The topological polar surface area (TPSA) is 63.6 Å². The molecule has 0 aromatic carbocycles. The Hall–Kier alpha value is -1.91. The molecule has 0 fully saturated rings. The number of H-pyrrole nitrogens is 1. The average Bonchev–Trinajstić information content (AvgIpc) is 2.65. The summed E-state index contributed by atoms with van der Waals surface area (Å²) in [4.78, 5) is 21.1. The molecule has 0 bridgehead atoms. The molecule has 2 rings (SSSR count). The summed E-state index contributed by atoms with van der Waals surface area (Å²) in [5.74, 6) is 0.428. The van der Waals surface area contributed by atoms with Crippen molar-refractivity contribution < 1.29 is 0 Å². The summed E-state index contributed by atoms with van der Waals surface area (Å²) >= 11 is 0. The molecule has 2 aromatic rings. The molecule has 0 amide bonds. The minimum absolute atomic E-state index is 0.0244. The predicted molar refractivity (Wildman–Crippen MR) is 79.4 cm³/mol. The highest BCUT2D eigenvalue weighted by Gasteiger charge is 2.14. The highest BCUT2D eigenvalue weighted by molar-refractivity contribution is 5.23. The van der Waals surface area contributed by atoms with Crippen LogP contribution >= 0.6 is 0 Å². The Bertz CT molecular complexity index is 634. The van der Waals surface area contributed by atoms with Crippen molar-refractivity contribution in [3.05, 3.63) is 39.1 Å². The quantitative estimate of drug-likeness (QED) is 0.852. The van der Waals surface area contributed by atoms with Gasteiger partial charge in [-0.05, 0) is 39.7 Å². The monoisotopic (exact) mass is 274 g/mol. The number of rotatable bonds is 5. The largest absolute Gasteiger partial charge is 0.292 e. The summed E-state index contributed by atoms with van der Waals surface area (Å²) in [6.07, 6.45) is 4.15. The second-order valence-corrected chi connectivity index (χ2v) is 5.26. The molecule has 0 aliphatic heterocycles. The van der Waals surface area contributed by atoms with Gasteiger partial charge in [0, 0.05) is 22.6 Å². The SMILES string of the molecule is CCCCCc1c(C)[nH]n(-c2nc(C)cc(C)n2)c1=O. The molecule has 0 aliphatic carbocycles. The number of hydrogen-bond donors (Lipinski definition) is 1. The zero-order chi connectivity index (χ0) is 14.7. The first-order chi connectivity index (χ1) is 9.52. The van der Waals surface area contributed by atoms with Gasteiger partial charge in [-0.25, -0.2) is 9.97 Å². The van der Waals surface area contributed by atoms with Crippen molar-refractivity contribution in [2.24, 2.45) is 0 Å².